The third-order valence-electron chi connectivity index (χ3n) is 3.77. The van der Waals surface area contributed by atoms with Gasteiger partial charge in [-0.1, -0.05) is 47.1 Å². The lowest BCUT2D eigenvalue weighted by Crippen LogP contribution is -2.26. The highest BCUT2D eigenvalue weighted by molar-refractivity contribution is 8.15. The smallest absolute Gasteiger partial charge is 0.239 e. The third-order valence-corrected chi connectivity index (χ3v) is 5.70. The molecule has 1 aliphatic rings. The largest absolute Gasteiger partial charge is 0.504 e. The number of phenols is 1. The van der Waals surface area contributed by atoms with E-state index in [-0.39, 0.29) is 16.9 Å². The van der Waals surface area contributed by atoms with Crippen LogP contribution in [0.1, 0.15) is 11.1 Å². The number of thioether (sulfide) groups is 1. The van der Waals surface area contributed by atoms with Gasteiger partial charge in [-0.25, -0.2) is 0 Å². The van der Waals surface area contributed by atoms with E-state index in [1.165, 1.54) is 31.2 Å². The molecule has 2 aromatic carbocycles. The van der Waals surface area contributed by atoms with E-state index in [4.69, 9.17) is 27.9 Å². The highest BCUT2D eigenvalue weighted by Gasteiger charge is 2.31. The average molecular weight is 424 g/mol. The van der Waals surface area contributed by atoms with Crippen molar-refractivity contribution in [1.29, 1.82) is 0 Å². The van der Waals surface area contributed by atoms with Crippen molar-refractivity contribution in [2.45, 2.75) is 11.7 Å². The number of aromatic hydroxyl groups is 1. The van der Waals surface area contributed by atoms with Crippen molar-refractivity contribution in [3.63, 3.8) is 0 Å². The molecule has 1 atom stereocenters. The van der Waals surface area contributed by atoms with E-state index < -0.39 is 0 Å². The van der Waals surface area contributed by atoms with E-state index in [1.807, 2.05) is 6.07 Å². The van der Waals surface area contributed by atoms with Gasteiger partial charge < -0.3 is 15.2 Å². The van der Waals surface area contributed by atoms with Gasteiger partial charge in [0.1, 0.15) is 0 Å². The number of amides is 1. The average Bonchev–Trinajstić information content (AvgIpc) is 3.00. The minimum absolute atomic E-state index is 0.0436. The second-order valence-corrected chi connectivity index (χ2v) is 7.57. The Kier molecular flexibility index (Phi) is 6.26. The van der Waals surface area contributed by atoms with Crippen molar-refractivity contribution in [1.82, 2.24) is 5.32 Å². The number of hydrogen-bond donors (Lipinski definition) is 2. The predicted molar refractivity (Wildman–Crippen MR) is 109 cm³/mol. The summed E-state index contributed by atoms with van der Waals surface area (Å²) in [6.45, 7) is 0. The number of halogens is 2. The first kappa shape index (κ1) is 19.5. The minimum atomic E-state index is -0.358. The van der Waals surface area contributed by atoms with E-state index in [2.05, 4.69) is 15.5 Å². The van der Waals surface area contributed by atoms with Gasteiger partial charge in [-0.2, -0.15) is 5.10 Å². The van der Waals surface area contributed by atoms with Gasteiger partial charge in [0.15, 0.2) is 16.7 Å². The van der Waals surface area contributed by atoms with E-state index in [1.54, 1.807) is 24.3 Å². The zero-order chi connectivity index (χ0) is 19.4. The third kappa shape index (κ3) is 4.74. The lowest BCUT2D eigenvalue weighted by Gasteiger charge is -2.08. The van der Waals surface area contributed by atoms with Crippen LogP contribution in [0.5, 0.6) is 11.5 Å². The van der Waals surface area contributed by atoms with Crippen LogP contribution in [0.3, 0.4) is 0 Å². The summed E-state index contributed by atoms with van der Waals surface area (Å²) in [5.41, 5.74) is 1.50. The quantitative estimate of drug-likeness (QED) is 0.564. The Labute approximate surface area is 170 Å². The maximum Gasteiger partial charge on any atom is 0.239 e. The number of nitrogens with one attached hydrogen (secondary N) is 1. The van der Waals surface area contributed by atoms with Crippen LogP contribution in [0.15, 0.2) is 46.6 Å². The number of amidine groups is 1. The van der Waals surface area contributed by atoms with Crippen LogP contribution < -0.4 is 10.1 Å². The number of nitrogens with zero attached hydrogens (tertiary/aromatic N) is 2. The van der Waals surface area contributed by atoms with Crippen LogP contribution in [-0.2, 0) is 11.2 Å². The van der Waals surface area contributed by atoms with Crippen molar-refractivity contribution < 1.29 is 14.6 Å². The lowest BCUT2D eigenvalue weighted by molar-refractivity contribution is -0.118. The Hall–Kier alpha value is -2.22. The Balaban J connectivity index is 1.67. The van der Waals surface area contributed by atoms with Gasteiger partial charge in [0.05, 0.1) is 28.6 Å². The molecule has 27 heavy (non-hydrogen) atoms. The summed E-state index contributed by atoms with van der Waals surface area (Å²) < 4.78 is 5.04. The fourth-order valence-corrected chi connectivity index (χ4v) is 3.76. The number of carbonyl (C=O) groups excluding carboxylic acids is 1. The molecule has 9 heteroatoms. The molecule has 1 aliphatic heterocycles. The van der Waals surface area contributed by atoms with E-state index in [9.17, 15) is 9.90 Å². The van der Waals surface area contributed by atoms with Crippen molar-refractivity contribution in [2.24, 2.45) is 10.2 Å². The molecular weight excluding hydrogens is 409 g/mol. The molecule has 1 amide bonds. The molecule has 2 N–H and O–H groups in total. The highest BCUT2D eigenvalue weighted by Crippen LogP contribution is 2.30. The topological polar surface area (TPSA) is 83.3 Å². The molecular formula is C18H15Cl2N3O3S. The highest BCUT2D eigenvalue weighted by atomic mass is 35.5. The minimum Gasteiger partial charge on any atom is -0.504 e. The van der Waals surface area contributed by atoms with E-state index in [0.29, 0.717) is 32.9 Å². The number of hydrogen-bond acceptors (Lipinski definition) is 6. The molecule has 0 aromatic heterocycles. The molecule has 0 aliphatic carbocycles. The molecule has 140 valence electrons. The first-order chi connectivity index (χ1) is 13.0. The predicted octanol–water partition coefficient (Wildman–Crippen LogP) is 3.87. The molecule has 1 heterocycles. The Morgan fingerprint density at radius 1 is 1.33 bits per heavy atom. The second-order valence-electron chi connectivity index (χ2n) is 5.59. The maximum atomic E-state index is 12.2. The number of ether oxygens (including phenoxy) is 1. The summed E-state index contributed by atoms with van der Waals surface area (Å²) >= 11 is 13.5. The molecule has 3 rings (SSSR count). The van der Waals surface area contributed by atoms with Gasteiger partial charge in [0, 0.05) is 0 Å². The molecule has 0 unspecified atom stereocenters. The Morgan fingerprint density at radius 3 is 2.93 bits per heavy atom. The van der Waals surface area contributed by atoms with Crippen molar-refractivity contribution in [2.75, 3.05) is 7.11 Å². The Morgan fingerprint density at radius 2 is 2.15 bits per heavy atom. The van der Waals surface area contributed by atoms with Crippen LogP contribution in [-0.4, -0.2) is 34.8 Å². The number of benzene rings is 2. The fraction of sp³-hybridized carbons (Fsp3) is 0.167. The lowest BCUT2D eigenvalue weighted by atomic mass is 10.1. The first-order valence-electron chi connectivity index (χ1n) is 7.86. The van der Waals surface area contributed by atoms with Crippen LogP contribution in [0, 0.1) is 0 Å². The summed E-state index contributed by atoms with van der Waals surface area (Å²) in [7, 11) is 1.47. The van der Waals surface area contributed by atoms with Gasteiger partial charge in [-0.15, -0.1) is 5.10 Å². The number of carbonyl (C=O) groups is 1. The zero-order valence-electron chi connectivity index (χ0n) is 14.1. The molecule has 6 nitrogen and oxygen atoms in total. The summed E-state index contributed by atoms with van der Waals surface area (Å²) in [4.78, 5) is 12.2. The van der Waals surface area contributed by atoms with Gasteiger partial charge >= 0.3 is 0 Å². The molecule has 1 saturated heterocycles. The van der Waals surface area contributed by atoms with Crippen molar-refractivity contribution in [3.05, 3.63) is 57.6 Å². The summed E-state index contributed by atoms with van der Waals surface area (Å²) in [5, 5.41) is 21.3. The van der Waals surface area contributed by atoms with Gasteiger partial charge in [-0.3, -0.25) is 4.79 Å². The van der Waals surface area contributed by atoms with Gasteiger partial charge in [0.25, 0.3) is 0 Å². The number of rotatable bonds is 5. The normalized spacial score (nSPS) is 18.3. The summed E-state index contributed by atoms with van der Waals surface area (Å²) in [6, 6.07) is 10.1. The SMILES string of the molecule is COc1cc(/C=N/N=C2/NC(=O)[C@@H](Cc3cccc(Cl)c3Cl)S2)ccc1O. The monoisotopic (exact) mass is 423 g/mol. The first-order valence-corrected chi connectivity index (χ1v) is 9.50. The molecule has 0 saturated carbocycles. The fourth-order valence-electron chi connectivity index (χ4n) is 2.41. The zero-order valence-corrected chi connectivity index (χ0v) is 16.5. The summed E-state index contributed by atoms with van der Waals surface area (Å²) in [6.07, 6.45) is 1.94. The van der Waals surface area contributed by atoms with Crippen LogP contribution in [0.25, 0.3) is 0 Å². The Bertz CT molecular complexity index is 934. The van der Waals surface area contributed by atoms with E-state index in [0.717, 1.165) is 5.56 Å². The molecule has 0 spiro atoms. The van der Waals surface area contributed by atoms with Gasteiger partial charge in [-0.05, 0) is 41.8 Å². The maximum absolute atomic E-state index is 12.2. The van der Waals surface area contributed by atoms with Crippen LogP contribution >= 0.6 is 35.0 Å². The van der Waals surface area contributed by atoms with E-state index >= 15 is 0 Å². The summed E-state index contributed by atoms with van der Waals surface area (Å²) in [5.74, 6) is 0.229. The standard InChI is InChI=1S/C18H15Cl2N3O3S/c1-26-14-7-10(5-6-13(14)24)9-21-23-18-22-17(25)15(27-18)8-11-3-2-4-12(19)16(11)20/h2-7,9,15,24H,8H2,1H3,(H,22,23,25)/b21-9+/t15-/m1/s1. The molecule has 0 bridgehead atoms. The molecule has 0 radical (unpaired) electrons. The number of phenolic OH excluding ortho intramolecular Hbond substituents is 1. The van der Waals surface area contributed by atoms with Crippen LogP contribution in [0.2, 0.25) is 10.0 Å². The van der Waals surface area contributed by atoms with Gasteiger partial charge in [0.2, 0.25) is 5.91 Å². The molecule has 2 aromatic rings. The van der Waals surface area contributed by atoms with Crippen molar-refractivity contribution in [3.8, 4) is 11.5 Å². The van der Waals surface area contributed by atoms with Crippen LogP contribution in [0.4, 0.5) is 0 Å². The second kappa shape index (κ2) is 8.65. The van der Waals surface area contributed by atoms with Crippen molar-refractivity contribution >= 4 is 52.3 Å². The molecule has 1 fully saturated rings. The number of methoxy groups -OCH3 is 1.